The van der Waals surface area contributed by atoms with Crippen molar-refractivity contribution in [2.45, 2.75) is 88.4 Å². The number of piperidine rings is 1. The van der Waals surface area contributed by atoms with E-state index in [0.717, 1.165) is 102 Å². The van der Waals surface area contributed by atoms with E-state index in [1.807, 2.05) is 24.3 Å². The van der Waals surface area contributed by atoms with Crippen LogP contribution in [0.2, 0.25) is 0 Å². The molecule has 1 unspecified atom stereocenters. The molecule has 9 rings (SSSR count). The van der Waals surface area contributed by atoms with E-state index in [1.165, 1.54) is 21.5 Å². The minimum atomic E-state index is -2.98. The second-order valence-corrected chi connectivity index (χ2v) is 17.4. The molecular formula is C43H54F2N12O5. The average molecular weight is 857 g/mol. The first-order valence-corrected chi connectivity index (χ1v) is 21.8. The minimum absolute atomic E-state index is 0.0642. The van der Waals surface area contributed by atoms with Crippen LogP contribution in [0.5, 0.6) is 0 Å². The summed E-state index contributed by atoms with van der Waals surface area (Å²) < 4.78 is 38.1. The van der Waals surface area contributed by atoms with Gasteiger partial charge in [-0.05, 0) is 81.5 Å². The summed E-state index contributed by atoms with van der Waals surface area (Å²) in [5, 5.41) is 9.21. The van der Waals surface area contributed by atoms with Gasteiger partial charge in [0.1, 0.15) is 23.1 Å². The number of nitrogens with zero attached hydrogens (tertiary/aromatic N) is 9. The molecule has 19 heteroatoms. The summed E-state index contributed by atoms with van der Waals surface area (Å²) in [6.45, 7) is 7.21. The van der Waals surface area contributed by atoms with Crippen molar-refractivity contribution in [3.05, 3.63) is 69.7 Å². The van der Waals surface area contributed by atoms with Gasteiger partial charge in [-0.1, -0.05) is 12.1 Å². The molecular weight excluding hydrogens is 803 g/mol. The van der Waals surface area contributed by atoms with Crippen LogP contribution in [0.15, 0.2) is 57.8 Å². The van der Waals surface area contributed by atoms with E-state index < -0.39 is 30.0 Å². The zero-order chi connectivity index (χ0) is 43.1. The van der Waals surface area contributed by atoms with E-state index >= 15 is 0 Å². The number of morpholine rings is 1. The number of piperazine rings is 1. The van der Waals surface area contributed by atoms with E-state index in [9.17, 15) is 28.0 Å². The van der Waals surface area contributed by atoms with Crippen molar-refractivity contribution < 1.29 is 27.9 Å². The summed E-state index contributed by atoms with van der Waals surface area (Å²) in [5.74, 6) is -0.157. The Kier molecular flexibility index (Phi) is 11.9. The summed E-state index contributed by atoms with van der Waals surface area (Å²) in [5.41, 5.74) is 7.66. The number of anilines is 1. The largest absolute Gasteiger partial charge is 0.396 e. The highest BCUT2D eigenvalue weighted by Crippen LogP contribution is 2.32. The molecule has 17 nitrogen and oxygen atoms in total. The molecule has 4 saturated heterocycles. The normalized spacial score (nSPS) is 25.4. The molecule has 4 aromatic rings. The van der Waals surface area contributed by atoms with Crippen LogP contribution < -0.4 is 27.0 Å². The van der Waals surface area contributed by atoms with Gasteiger partial charge in [0.2, 0.25) is 11.8 Å². The second-order valence-electron chi connectivity index (χ2n) is 17.4. The zero-order valence-corrected chi connectivity index (χ0v) is 34.9. The van der Waals surface area contributed by atoms with Crippen LogP contribution in [-0.4, -0.2) is 135 Å². The summed E-state index contributed by atoms with van der Waals surface area (Å²) in [4.78, 5) is 67.7. The number of carbonyl (C=O) groups is 3. The third-order valence-electron chi connectivity index (χ3n) is 13.4. The molecule has 1 saturated carbocycles. The average Bonchev–Trinajstić information content (AvgIpc) is 4.07. The number of benzene rings is 1. The first-order valence-electron chi connectivity index (χ1n) is 21.8. The monoisotopic (exact) mass is 856 g/mol. The third-order valence-corrected chi connectivity index (χ3v) is 13.4. The number of nitrogens with one attached hydrogen (secondary N) is 2. The van der Waals surface area contributed by atoms with Gasteiger partial charge in [0.25, 0.3) is 12.3 Å². The standard InChI is InChI=1S/C43H54F2N12O5/c1-52-38-27(4-2-6-33(38)57(43(52)61)34-11-12-36(58)51-42(34)60)5-3-14-53-16-18-54(19-17-53)23-26-7-9-28(10-8-26)47-22-32(37(46)39(44)45)49-41(59)31-21-48-56-15-13-35(50-40(31)56)55-24-30-20-29(55)25-62-30/h2,4,6,13,15,21-22,26,28-30,34,39H,3,5,7-12,14,16-20,23-25,46H2,1H3,(H,49,59)(H,51,58,60)/b37-32+,47-22?/t26?,28?,29-,30-,34?/m1/s1. The topological polar surface area (TPSA) is 190 Å². The van der Waals surface area contributed by atoms with Crippen molar-refractivity contribution in [3.8, 4) is 0 Å². The molecule has 7 heterocycles. The Bertz CT molecular complexity index is 2460. The number of allylic oxidation sites excluding steroid dienone is 2. The fourth-order valence-corrected chi connectivity index (χ4v) is 10.0. The maximum atomic E-state index is 13.9. The van der Waals surface area contributed by atoms with Gasteiger partial charge < -0.3 is 30.5 Å². The van der Waals surface area contributed by atoms with Crippen LogP contribution >= 0.6 is 0 Å². The molecule has 0 spiro atoms. The number of hydrogen-bond donors (Lipinski definition) is 3. The third kappa shape index (κ3) is 8.49. The number of amides is 3. The number of rotatable bonds is 13. The Morgan fingerprint density at radius 2 is 1.87 bits per heavy atom. The van der Waals surface area contributed by atoms with Crippen molar-refractivity contribution in [2.24, 2.45) is 23.7 Å². The van der Waals surface area contributed by atoms with Crippen LogP contribution in [0.4, 0.5) is 14.6 Å². The summed E-state index contributed by atoms with van der Waals surface area (Å²) in [6, 6.07) is 7.16. The Morgan fingerprint density at radius 3 is 2.60 bits per heavy atom. The van der Waals surface area contributed by atoms with Crippen molar-refractivity contribution in [1.29, 1.82) is 0 Å². The van der Waals surface area contributed by atoms with Crippen molar-refractivity contribution in [1.82, 2.24) is 44.2 Å². The zero-order valence-electron chi connectivity index (χ0n) is 34.9. The molecule has 4 aliphatic heterocycles. The number of nitrogens with two attached hydrogens (primary N) is 1. The number of imide groups is 1. The number of fused-ring (bicyclic) bond motifs is 4. The Labute approximate surface area is 356 Å². The molecule has 5 fully saturated rings. The van der Waals surface area contributed by atoms with Crippen LogP contribution in [-0.2, 0) is 27.8 Å². The molecule has 1 aliphatic carbocycles. The molecule has 4 N–H and O–H groups in total. The molecule has 5 aliphatic rings. The Hall–Kier alpha value is -5.53. The van der Waals surface area contributed by atoms with Crippen LogP contribution in [0.3, 0.4) is 0 Å². The van der Waals surface area contributed by atoms with Gasteiger partial charge in [0.15, 0.2) is 5.65 Å². The molecule has 3 atom stereocenters. The number of alkyl halides is 2. The predicted molar refractivity (Wildman–Crippen MR) is 227 cm³/mol. The Balaban J connectivity index is 0.735. The summed E-state index contributed by atoms with van der Waals surface area (Å²) in [7, 11) is 1.74. The molecule has 3 amide bonds. The van der Waals surface area contributed by atoms with Gasteiger partial charge in [0, 0.05) is 65.1 Å². The van der Waals surface area contributed by atoms with Crippen LogP contribution in [0.25, 0.3) is 16.7 Å². The molecule has 2 bridgehead atoms. The number of imidazole rings is 1. The maximum absolute atomic E-state index is 13.9. The molecule has 3 aromatic heterocycles. The lowest BCUT2D eigenvalue weighted by Crippen LogP contribution is -2.48. The number of halogens is 2. The van der Waals surface area contributed by atoms with E-state index in [1.54, 1.807) is 17.8 Å². The fourth-order valence-electron chi connectivity index (χ4n) is 10.0. The van der Waals surface area contributed by atoms with Gasteiger partial charge >= 0.3 is 5.69 Å². The highest BCUT2D eigenvalue weighted by molar-refractivity contribution is 6.03. The summed E-state index contributed by atoms with van der Waals surface area (Å²) in [6.07, 6.45) is 8.33. The lowest BCUT2D eigenvalue weighted by atomic mass is 9.86. The first-order chi connectivity index (χ1) is 30.0. The lowest BCUT2D eigenvalue weighted by molar-refractivity contribution is -0.135. The second kappa shape index (κ2) is 17.7. The number of aryl methyl sites for hydroxylation is 2. The van der Waals surface area contributed by atoms with Gasteiger partial charge in [-0.2, -0.15) is 5.10 Å². The number of ether oxygens (including phenoxy) is 1. The van der Waals surface area contributed by atoms with Crippen LogP contribution in [0, 0.1) is 5.92 Å². The maximum Gasteiger partial charge on any atom is 0.329 e. The highest BCUT2D eigenvalue weighted by Gasteiger charge is 2.40. The van der Waals surface area contributed by atoms with E-state index in [0.29, 0.717) is 35.9 Å². The lowest BCUT2D eigenvalue weighted by Gasteiger charge is -2.37. The van der Waals surface area contributed by atoms with E-state index in [4.69, 9.17) is 15.5 Å². The van der Waals surface area contributed by atoms with Gasteiger partial charge in [-0.15, -0.1) is 0 Å². The predicted octanol–water partition coefficient (Wildman–Crippen LogP) is 2.38. The molecule has 1 aromatic carbocycles. The van der Waals surface area contributed by atoms with Crippen molar-refractivity contribution >= 4 is 46.4 Å². The number of para-hydroxylation sites is 1. The number of aliphatic imine (C=N–C) groups is 1. The molecule has 62 heavy (non-hydrogen) atoms. The number of hydrogen-bond acceptors (Lipinski definition) is 12. The number of carbonyl (C=O) groups excluding carboxylic acids is 3. The van der Waals surface area contributed by atoms with Gasteiger partial charge in [-0.3, -0.25) is 33.8 Å². The van der Waals surface area contributed by atoms with Gasteiger partial charge in [-0.25, -0.2) is 23.1 Å². The van der Waals surface area contributed by atoms with E-state index in [2.05, 4.69) is 35.4 Å². The van der Waals surface area contributed by atoms with Gasteiger partial charge in [0.05, 0.1) is 47.7 Å². The number of aromatic nitrogens is 5. The molecule has 0 radical (unpaired) electrons. The fraction of sp³-hybridized carbons (Fsp3) is 0.558. The smallest absolute Gasteiger partial charge is 0.329 e. The Morgan fingerprint density at radius 1 is 1.08 bits per heavy atom. The quantitative estimate of drug-likeness (QED) is 0.132. The van der Waals surface area contributed by atoms with E-state index in [-0.39, 0.29) is 47.5 Å². The SMILES string of the molecule is Cn1c(=O)n(C2CCC(=O)NC2=O)c2cccc(CCCN3CCN(CC4CCC(N=C/C(NC(=O)c5cnn6ccc(N7C[C@H]8C[C@@H]7CO8)nc56)=C(\N)C(F)F)CC4)CC3)c21. The molecule has 330 valence electrons. The first kappa shape index (κ1) is 41.8. The highest BCUT2D eigenvalue weighted by atomic mass is 19.3. The summed E-state index contributed by atoms with van der Waals surface area (Å²) >= 11 is 0. The minimum Gasteiger partial charge on any atom is -0.396 e. The van der Waals surface area contributed by atoms with Crippen molar-refractivity contribution in [2.75, 3.05) is 57.3 Å². The van der Waals surface area contributed by atoms with Crippen molar-refractivity contribution in [3.63, 3.8) is 0 Å². The van der Waals surface area contributed by atoms with Crippen LogP contribution in [0.1, 0.15) is 73.3 Å².